The molecule has 2 aliphatic heterocycles. The average molecular weight is 336 g/mol. The summed E-state index contributed by atoms with van der Waals surface area (Å²) in [5.41, 5.74) is 0. The Morgan fingerprint density at radius 2 is 0.917 bits per heavy atom. The van der Waals surface area contributed by atoms with Gasteiger partial charge in [0.15, 0.2) is 0 Å². The molecule has 3 rings (SSSR count). The van der Waals surface area contributed by atoms with Crippen LogP contribution in [0.15, 0.2) is 0 Å². The van der Waals surface area contributed by atoms with Gasteiger partial charge in [-0.15, -0.1) is 0 Å². The Morgan fingerprint density at radius 3 is 1.21 bits per heavy atom. The largest absolute Gasteiger partial charge is 0.284 e. The third-order valence-electron chi connectivity index (χ3n) is 5.48. The molecule has 0 radical (unpaired) electrons. The highest BCUT2D eigenvalue weighted by atomic mass is 16.2. The maximum absolute atomic E-state index is 12.0. The van der Waals surface area contributed by atoms with E-state index in [-0.39, 0.29) is 61.9 Å². The van der Waals surface area contributed by atoms with E-state index in [2.05, 4.69) is 0 Å². The molecule has 3 fully saturated rings. The highest BCUT2D eigenvalue weighted by Gasteiger charge is 2.41. The first kappa shape index (κ1) is 17.0. The maximum Gasteiger partial charge on any atom is 0.243 e. The van der Waals surface area contributed by atoms with Gasteiger partial charge in [-0.3, -0.25) is 38.8 Å². The molecule has 0 aromatic heterocycles. The third-order valence-corrected chi connectivity index (χ3v) is 5.48. The van der Waals surface area contributed by atoms with Crippen LogP contribution in [0.2, 0.25) is 0 Å². The monoisotopic (exact) mass is 336 g/mol. The molecule has 1 saturated carbocycles. The number of carbonyl (C=O) groups is 4. The van der Waals surface area contributed by atoms with Crippen molar-refractivity contribution in [2.75, 3.05) is 40.3 Å². The fourth-order valence-corrected chi connectivity index (χ4v) is 3.92. The molecule has 2 atom stereocenters. The lowest BCUT2D eigenvalue weighted by atomic mass is 9.87. The van der Waals surface area contributed by atoms with Crippen molar-refractivity contribution in [3.8, 4) is 0 Å². The van der Waals surface area contributed by atoms with Crippen LogP contribution in [0.4, 0.5) is 0 Å². The first-order chi connectivity index (χ1) is 11.4. The van der Waals surface area contributed by atoms with Crippen molar-refractivity contribution in [2.24, 2.45) is 0 Å². The lowest BCUT2D eigenvalue weighted by Crippen LogP contribution is -2.64. The van der Waals surface area contributed by atoms with E-state index in [0.717, 1.165) is 25.7 Å². The van der Waals surface area contributed by atoms with Gasteiger partial charge in [0.05, 0.1) is 26.2 Å². The van der Waals surface area contributed by atoms with Crippen LogP contribution in [0, 0.1) is 0 Å². The summed E-state index contributed by atoms with van der Waals surface area (Å²) in [6, 6.07) is 0.0636. The number of nitrogens with zero attached hydrogens (tertiary/aromatic N) is 4. The fraction of sp³-hybridized carbons (Fsp3) is 0.750. The Hall–Kier alpha value is -1.80. The summed E-state index contributed by atoms with van der Waals surface area (Å²) in [4.78, 5) is 54.3. The average Bonchev–Trinajstić information content (AvgIpc) is 2.56. The Kier molecular flexibility index (Phi) is 4.69. The number of piperazine rings is 2. The zero-order chi connectivity index (χ0) is 17.4. The van der Waals surface area contributed by atoms with Gasteiger partial charge in [0.1, 0.15) is 0 Å². The molecule has 0 unspecified atom stereocenters. The van der Waals surface area contributed by atoms with Crippen molar-refractivity contribution in [1.82, 2.24) is 19.6 Å². The highest BCUT2D eigenvalue weighted by Crippen LogP contribution is 2.29. The van der Waals surface area contributed by atoms with Crippen LogP contribution in [0.5, 0.6) is 0 Å². The van der Waals surface area contributed by atoms with Gasteiger partial charge in [-0.2, -0.15) is 0 Å². The minimum Gasteiger partial charge on any atom is -0.284 e. The number of hydrogen-bond donors (Lipinski definition) is 0. The molecule has 1 aliphatic carbocycles. The van der Waals surface area contributed by atoms with E-state index in [1.165, 1.54) is 23.9 Å². The predicted octanol–water partition coefficient (Wildman–Crippen LogP) is -1.10. The van der Waals surface area contributed by atoms with Crippen LogP contribution in [0.25, 0.3) is 0 Å². The quantitative estimate of drug-likeness (QED) is 0.596. The summed E-state index contributed by atoms with van der Waals surface area (Å²) in [7, 11) is 3.02. The van der Waals surface area contributed by atoms with Crippen LogP contribution in [0.1, 0.15) is 25.7 Å². The van der Waals surface area contributed by atoms with Gasteiger partial charge in [-0.05, 0) is 12.8 Å². The lowest BCUT2D eigenvalue weighted by molar-refractivity contribution is -0.156. The van der Waals surface area contributed by atoms with Gasteiger partial charge in [0.25, 0.3) is 0 Å². The van der Waals surface area contributed by atoms with E-state index in [9.17, 15) is 19.2 Å². The Morgan fingerprint density at radius 1 is 0.625 bits per heavy atom. The van der Waals surface area contributed by atoms with Crippen LogP contribution < -0.4 is 0 Å². The Bertz CT molecular complexity index is 492. The van der Waals surface area contributed by atoms with E-state index >= 15 is 0 Å². The second-order valence-electron chi connectivity index (χ2n) is 6.92. The summed E-state index contributed by atoms with van der Waals surface area (Å²) in [5, 5.41) is 0. The second-order valence-corrected chi connectivity index (χ2v) is 6.92. The number of carbonyl (C=O) groups excluding carboxylic acids is 4. The van der Waals surface area contributed by atoms with Gasteiger partial charge in [0, 0.05) is 26.2 Å². The maximum atomic E-state index is 12.0. The first-order valence-corrected chi connectivity index (χ1v) is 8.45. The van der Waals surface area contributed by atoms with E-state index in [0.29, 0.717) is 0 Å². The van der Waals surface area contributed by atoms with Gasteiger partial charge in [-0.25, -0.2) is 0 Å². The number of likely N-dealkylation sites (N-methyl/N-ethyl adjacent to an activating group) is 2. The molecule has 24 heavy (non-hydrogen) atoms. The zero-order valence-electron chi connectivity index (χ0n) is 14.2. The Balaban J connectivity index is 1.76. The molecule has 0 spiro atoms. The zero-order valence-corrected chi connectivity index (χ0v) is 14.2. The molecular formula is C16H24N4O4. The normalized spacial score (nSPS) is 31.1. The fourth-order valence-electron chi connectivity index (χ4n) is 3.92. The van der Waals surface area contributed by atoms with E-state index in [1.54, 1.807) is 0 Å². The van der Waals surface area contributed by atoms with Crippen LogP contribution >= 0.6 is 0 Å². The van der Waals surface area contributed by atoms with Gasteiger partial charge in [-0.1, -0.05) is 12.8 Å². The van der Waals surface area contributed by atoms with Crippen molar-refractivity contribution in [2.45, 2.75) is 37.8 Å². The topological polar surface area (TPSA) is 81.2 Å². The molecule has 8 heteroatoms. The molecule has 132 valence electrons. The van der Waals surface area contributed by atoms with Crippen LogP contribution in [0.3, 0.4) is 0 Å². The van der Waals surface area contributed by atoms with Crippen molar-refractivity contribution >= 4 is 23.6 Å². The van der Waals surface area contributed by atoms with Crippen LogP contribution in [-0.4, -0.2) is 95.6 Å². The summed E-state index contributed by atoms with van der Waals surface area (Å²) in [6.07, 6.45) is 3.82. The number of imide groups is 2. The van der Waals surface area contributed by atoms with E-state index < -0.39 is 0 Å². The molecule has 0 aromatic carbocycles. The van der Waals surface area contributed by atoms with Gasteiger partial charge in [0.2, 0.25) is 23.6 Å². The number of hydrogen-bond acceptors (Lipinski definition) is 6. The molecule has 0 bridgehead atoms. The van der Waals surface area contributed by atoms with Gasteiger partial charge >= 0.3 is 0 Å². The van der Waals surface area contributed by atoms with Gasteiger partial charge < -0.3 is 0 Å². The second kappa shape index (κ2) is 6.60. The first-order valence-electron chi connectivity index (χ1n) is 8.45. The molecular weight excluding hydrogens is 312 g/mol. The van der Waals surface area contributed by atoms with Crippen molar-refractivity contribution < 1.29 is 19.2 Å². The SMILES string of the molecule is CN1C(=O)CN([C@H]2CCCC[C@@H]2N2CC(=O)N(C)C(=O)C2)CC1=O. The molecule has 4 amide bonds. The minimum atomic E-state index is -0.193. The summed E-state index contributed by atoms with van der Waals surface area (Å²) >= 11 is 0. The number of amides is 4. The Labute approximate surface area is 141 Å². The standard InChI is InChI=1S/C16H24N4O4/c1-17-13(21)7-19(8-14(17)22)11-5-3-4-6-12(11)20-9-15(23)18(2)16(24)10-20/h11-12H,3-10H2,1-2H3/t11-,12-/m0/s1. The molecule has 2 heterocycles. The highest BCUT2D eigenvalue weighted by molar-refractivity contribution is 5.99. The predicted molar refractivity (Wildman–Crippen MR) is 84.7 cm³/mol. The molecule has 2 saturated heterocycles. The summed E-state index contributed by atoms with van der Waals surface area (Å²) < 4.78 is 0. The minimum absolute atomic E-state index is 0.0318. The lowest BCUT2D eigenvalue weighted by Gasteiger charge is -2.47. The van der Waals surface area contributed by atoms with Crippen molar-refractivity contribution in [3.63, 3.8) is 0 Å². The molecule has 8 nitrogen and oxygen atoms in total. The van der Waals surface area contributed by atoms with Crippen LogP contribution in [-0.2, 0) is 19.2 Å². The third kappa shape index (κ3) is 3.08. The molecule has 0 aromatic rings. The van der Waals surface area contributed by atoms with Crippen molar-refractivity contribution in [1.29, 1.82) is 0 Å². The molecule has 0 N–H and O–H groups in total. The smallest absolute Gasteiger partial charge is 0.243 e. The summed E-state index contributed by atoms with van der Waals surface area (Å²) in [6.45, 7) is 0.885. The number of rotatable bonds is 2. The van der Waals surface area contributed by atoms with Crippen molar-refractivity contribution in [3.05, 3.63) is 0 Å². The van der Waals surface area contributed by atoms with E-state index in [1.807, 2.05) is 9.80 Å². The molecule has 3 aliphatic rings. The van der Waals surface area contributed by atoms with E-state index in [4.69, 9.17) is 0 Å². The summed E-state index contributed by atoms with van der Waals surface area (Å²) in [5.74, 6) is -0.774.